The lowest BCUT2D eigenvalue weighted by Crippen LogP contribution is -2.57. The van der Waals surface area contributed by atoms with E-state index in [0.717, 1.165) is 0 Å². The Balaban J connectivity index is 2.05. The van der Waals surface area contributed by atoms with Gasteiger partial charge >= 0.3 is 12.1 Å². The van der Waals surface area contributed by atoms with Gasteiger partial charge in [0, 0.05) is 25.8 Å². The largest absolute Gasteiger partial charge is 0.480 e. The molecule has 9 heteroatoms. The minimum absolute atomic E-state index is 0.0586. The number of hydrogen-bond donors (Lipinski definition) is 1. The Morgan fingerprint density at radius 1 is 1.42 bits per heavy atom. The normalized spacial score (nSPS) is 19.2. The molecular formula is C15H21ClN4O4. The van der Waals surface area contributed by atoms with E-state index in [1.54, 1.807) is 31.7 Å². The van der Waals surface area contributed by atoms with Gasteiger partial charge in [0.1, 0.15) is 11.6 Å². The minimum atomic E-state index is -0.997. The van der Waals surface area contributed by atoms with E-state index in [0.29, 0.717) is 25.3 Å². The Morgan fingerprint density at radius 2 is 2.12 bits per heavy atom. The highest BCUT2D eigenvalue weighted by molar-refractivity contribution is 6.28. The predicted octanol–water partition coefficient (Wildman–Crippen LogP) is 1.64. The van der Waals surface area contributed by atoms with Crippen molar-refractivity contribution in [2.75, 3.05) is 19.6 Å². The average Bonchev–Trinajstić information content (AvgIpc) is 2.45. The Labute approximate surface area is 145 Å². The van der Waals surface area contributed by atoms with E-state index in [1.807, 2.05) is 0 Å². The molecule has 0 saturated carbocycles. The number of carbonyl (C=O) groups excluding carboxylic acids is 1. The summed E-state index contributed by atoms with van der Waals surface area (Å²) in [5.74, 6) is -0.997. The van der Waals surface area contributed by atoms with Gasteiger partial charge in [-0.2, -0.15) is 0 Å². The van der Waals surface area contributed by atoms with Crippen LogP contribution in [0.25, 0.3) is 0 Å². The average molecular weight is 357 g/mol. The van der Waals surface area contributed by atoms with E-state index in [-0.39, 0.29) is 11.8 Å². The summed E-state index contributed by atoms with van der Waals surface area (Å²) in [5, 5.41) is 9.61. The highest BCUT2D eigenvalue weighted by Crippen LogP contribution is 2.17. The van der Waals surface area contributed by atoms with Crippen LogP contribution in [0.2, 0.25) is 5.28 Å². The second kappa shape index (κ2) is 7.31. The molecule has 24 heavy (non-hydrogen) atoms. The fraction of sp³-hybridized carbons (Fsp3) is 0.600. The molecule has 0 spiro atoms. The topological polar surface area (TPSA) is 95.9 Å². The molecule has 132 valence electrons. The first kappa shape index (κ1) is 18.4. The number of piperazine rings is 1. The first-order chi connectivity index (χ1) is 11.2. The second-order valence-electron chi connectivity index (χ2n) is 6.57. The third kappa shape index (κ3) is 5.04. The molecule has 1 aliphatic heterocycles. The Hall–Kier alpha value is -1.93. The van der Waals surface area contributed by atoms with Crippen LogP contribution >= 0.6 is 11.6 Å². The molecule has 0 unspecified atom stereocenters. The van der Waals surface area contributed by atoms with Crippen molar-refractivity contribution in [3.8, 4) is 0 Å². The lowest BCUT2D eigenvalue weighted by molar-refractivity contribution is -0.145. The summed E-state index contributed by atoms with van der Waals surface area (Å²) in [6, 6.07) is 0.852. The summed E-state index contributed by atoms with van der Waals surface area (Å²) in [6.45, 7) is 6.48. The molecule has 0 aromatic carbocycles. The number of amides is 1. The number of carboxylic acid groups (broad SMARTS) is 1. The van der Waals surface area contributed by atoms with Crippen LogP contribution in [-0.4, -0.2) is 68.2 Å². The minimum Gasteiger partial charge on any atom is -0.480 e. The highest BCUT2D eigenvalue weighted by Gasteiger charge is 2.36. The summed E-state index contributed by atoms with van der Waals surface area (Å²) < 4.78 is 5.31. The molecule has 2 heterocycles. The lowest BCUT2D eigenvalue weighted by atomic mass is 10.1. The maximum atomic E-state index is 12.1. The monoisotopic (exact) mass is 356 g/mol. The van der Waals surface area contributed by atoms with Crippen LogP contribution in [0.3, 0.4) is 0 Å². The van der Waals surface area contributed by atoms with Crippen molar-refractivity contribution in [1.82, 2.24) is 19.8 Å². The standard InChI is InChI=1S/C15H21ClN4O4/c1-15(2,3)24-14(23)20-7-6-19(11(9-20)12(21)22)8-10-4-5-17-13(16)18-10/h4-5,11H,6-9H2,1-3H3,(H,21,22)/t11-/m1/s1. The molecule has 0 bridgehead atoms. The molecule has 1 aliphatic rings. The smallest absolute Gasteiger partial charge is 0.410 e. The number of hydrogen-bond acceptors (Lipinski definition) is 6. The molecule has 1 aromatic heterocycles. The van der Waals surface area contributed by atoms with Crippen LogP contribution < -0.4 is 0 Å². The van der Waals surface area contributed by atoms with Crippen molar-refractivity contribution in [2.24, 2.45) is 0 Å². The fourth-order valence-electron chi connectivity index (χ4n) is 2.40. The summed E-state index contributed by atoms with van der Waals surface area (Å²) in [5.41, 5.74) is 0.0111. The summed E-state index contributed by atoms with van der Waals surface area (Å²) in [6.07, 6.45) is 1.02. The van der Waals surface area contributed by atoms with Gasteiger partial charge in [-0.15, -0.1) is 0 Å². The number of aromatic nitrogens is 2. The van der Waals surface area contributed by atoms with Gasteiger partial charge in [-0.1, -0.05) is 0 Å². The van der Waals surface area contributed by atoms with Crippen LogP contribution in [0.4, 0.5) is 4.79 Å². The van der Waals surface area contributed by atoms with Gasteiger partial charge in [-0.05, 0) is 38.4 Å². The molecular weight excluding hydrogens is 336 g/mol. The molecule has 8 nitrogen and oxygen atoms in total. The molecule has 1 amide bonds. The zero-order valence-corrected chi connectivity index (χ0v) is 14.7. The number of carboxylic acids is 1. The van der Waals surface area contributed by atoms with Crippen LogP contribution in [0.15, 0.2) is 12.3 Å². The first-order valence-corrected chi connectivity index (χ1v) is 7.96. The van der Waals surface area contributed by atoms with E-state index < -0.39 is 23.7 Å². The zero-order valence-electron chi connectivity index (χ0n) is 13.9. The van der Waals surface area contributed by atoms with Crippen LogP contribution in [0, 0.1) is 0 Å². The van der Waals surface area contributed by atoms with E-state index >= 15 is 0 Å². The molecule has 1 aromatic rings. The van der Waals surface area contributed by atoms with Gasteiger partial charge in [0.2, 0.25) is 5.28 Å². The van der Waals surface area contributed by atoms with Crippen LogP contribution in [0.1, 0.15) is 26.5 Å². The molecule has 0 aliphatic carbocycles. The summed E-state index contributed by atoms with van der Waals surface area (Å²) in [7, 11) is 0. The highest BCUT2D eigenvalue weighted by atomic mass is 35.5. The van der Waals surface area contributed by atoms with E-state index in [1.165, 1.54) is 11.1 Å². The van der Waals surface area contributed by atoms with Crippen molar-refractivity contribution in [2.45, 2.75) is 39.0 Å². The first-order valence-electron chi connectivity index (χ1n) is 7.58. The quantitative estimate of drug-likeness (QED) is 0.822. The third-order valence-electron chi connectivity index (χ3n) is 3.48. The molecule has 1 saturated heterocycles. The molecule has 0 radical (unpaired) electrons. The van der Waals surface area contributed by atoms with Gasteiger partial charge in [0.15, 0.2) is 0 Å². The molecule has 1 atom stereocenters. The van der Waals surface area contributed by atoms with Crippen molar-refractivity contribution >= 4 is 23.7 Å². The van der Waals surface area contributed by atoms with E-state index in [4.69, 9.17) is 16.3 Å². The Kier molecular flexibility index (Phi) is 5.61. The van der Waals surface area contributed by atoms with Gasteiger partial charge in [0.05, 0.1) is 12.2 Å². The van der Waals surface area contributed by atoms with Crippen molar-refractivity contribution in [3.63, 3.8) is 0 Å². The van der Waals surface area contributed by atoms with Crippen LogP contribution in [0.5, 0.6) is 0 Å². The van der Waals surface area contributed by atoms with Crippen molar-refractivity contribution < 1.29 is 19.4 Å². The molecule has 1 fully saturated rings. The van der Waals surface area contributed by atoms with Gasteiger partial charge in [-0.25, -0.2) is 14.8 Å². The van der Waals surface area contributed by atoms with Crippen molar-refractivity contribution in [1.29, 1.82) is 0 Å². The Morgan fingerprint density at radius 3 is 2.71 bits per heavy atom. The lowest BCUT2D eigenvalue weighted by Gasteiger charge is -2.39. The maximum Gasteiger partial charge on any atom is 0.410 e. The van der Waals surface area contributed by atoms with E-state index in [2.05, 4.69) is 9.97 Å². The van der Waals surface area contributed by atoms with E-state index in [9.17, 15) is 14.7 Å². The summed E-state index contributed by atoms with van der Waals surface area (Å²) in [4.78, 5) is 34.8. The third-order valence-corrected chi connectivity index (χ3v) is 3.66. The Bertz CT molecular complexity index is 620. The number of halogens is 1. The van der Waals surface area contributed by atoms with Crippen LogP contribution in [-0.2, 0) is 16.1 Å². The number of aliphatic carboxylic acids is 1. The second-order valence-corrected chi connectivity index (χ2v) is 6.91. The number of ether oxygens (including phenoxy) is 1. The SMILES string of the molecule is CC(C)(C)OC(=O)N1CCN(Cc2ccnc(Cl)n2)[C@@H](C(=O)O)C1. The number of rotatable bonds is 3. The molecule has 2 rings (SSSR count). The summed E-state index contributed by atoms with van der Waals surface area (Å²) >= 11 is 5.76. The number of carbonyl (C=O) groups is 2. The predicted molar refractivity (Wildman–Crippen MR) is 86.7 cm³/mol. The van der Waals surface area contributed by atoms with Gasteiger partial charge < -0.3 is 14.7 Å². The van der Waals surface area contributed by atoms with Gasteiger partial charge in [0.25, 0.3) is 0 Å². The van der Waals surface area contributed by atoms with Crippen molar-refractivity contribution in [3.05, 3.63) is 23.2 Å². The number of nitrogens with zero attached hydrogens (tertiary/aromatic N) is 4. The zero-order chi connectivity index (χ0) is 17.9. The maximum absolute atomic E-state index is 12.1. The fourth-order valence-corrected chi connectivity index (χ4v) is 2.57. The van der Waals surface area contributed by atoms with Gasteiger partial charge in [-0.3, -0.25) is 9.69 Å². The molecule has 1 N–H and O–H groups in total.